The molecule has 2 unspecified atom stereocenters. The van der Waals surface area contributed by atoms with Crippen molar-refractivity contribution in [2.24, 2.45) is 5.73 Å². The predicted octanol–water partition coefficient (Wildman–Crippen LogP) is 2.67. The molecule has 0 bridgehead atoms. The van der Waals surface area contributed by atoms with Crippen molar-refractivity contribution >= 4 is 21.6 Å². The quantitative estimate of drug-likeness (QED) is 0.912. The number of fused-ring (bicyclic) bond motifs is 1. The van der Waals surface area contributed by atoms with Crippen LogP contribution in [-0.2, 0) is 11.3 Å². The zero-order valence-electron chi connectivity index (χ0n) is 10.4. The average Bonchev–Trinajstić information content (AvgIpc) is 2.86. The Balaban J connectivity index is 1.87. The molecule has 18 heavy (non-hydrogen) atoms. The van der Waals surface area contributed by atoms with E-state index in [4.69, 9.17) is 10.5 Å². The molecule has 0 radical (unpaired) electrons. The van der Waals surface area contributed by atoms with E-state index in [1.165, 1.54) is 24.9 Å². The number of morpholine rings is 1. The molecule has 1 aliphatic heterocycles. The van der Waals surface area contributed by atoms with Gasteiger partial charge in [0.25, 0.3) is 0 Å². The topological polar surface area (TPSA) is 38.5 Å². The first-order chi connectivity index (χ1) is 8.79. The molecule has 1 heterocycles. The number of ether oxygens (including phenoxy) is 1. The molecule has 3 rings (SSSR count). The van der Waals surface area contributed by atoms with Crippen molar-refractivity contribution < 1.29 is 4.74 Å². The SMILES string of the molecule is NCc1ccc(N2CCOC3CCCC32)cc1Br. The Hall–Kier alpha value is -0.580. The molecule has 0 aromatic heterocycles. The molecular weight excluding hydrogens is 292 g/mol. The Morgan fingerprint density at radius 2 is 2.28 bits per heavy atom. The van der Waals surface area contributed by atoms with Gasteiger partial charge in [0.2, 0.25) is 0 Å². The van der Waals surface area contributed by atoms with Gasteiger partial charge in [0, 0.05) is 23.2 Å². The van der Waals surface area contributed by atoms with Crippen molar-refractivity contribution in [2.45, 2.75) is 38.0 Å². The average molecular weight is 311 g/mol. The third-order valence-corrected chi connectivity index (χ3v) is 4.81. The van der Waals surface area contributed by atoms with Crippen LogP contribution in [-0.4, -0.2) is 25.3 Å². The lowest BCUT2D eigenvalue weighted by atomic mass is 10.1. The molecule has 98 valence electrons. The van der Waals surface area contributed by atoms with Gasteiger partial charge in [-0.25, -0.2) is 0 Å². The van der Waals surface area contributed by atoms with E-state index < -0.39 is 0 Å². The van der Waals surface area contributed by atoms with Crippen molar-refractivity contribution in [3.05, 3.63) is 28.2 Å². The van der Waals surface area contributed by atoms with Crippen LogP contribution in [0, 0.1) is 0 Å². The predicted molar refractivity (Wildman–Crippen MR) is 76.8 cm³/mol. The van der Waals surface area contributed by atoms with E-state index >= 15 is 0 Å². The van der Waals surface area contributed by atoms with Crippen molar-refractivity contribution in [1.29, 1.82) is 0 Å². The van der Waals surface area contributed by atoms with Gasteiger partial charge >= 0.3 is 0 Å². The highest BCUT2D eigenvalue weighted by Crippen LogP contribution is 2.34. The maximum Gasteiger partial charge on any atom is 0.0779 e. The molecule has 1 aromatic rings. The third-order valence-electron chi connectivity index (χ3n) is 4.07. The fraction of sp³-hybridized carbons (Fsp3) is 0.571. The minimum absolute atomic E-state index is 0.437. The number of rotatable bonds is 2. The van der Waals surface area contributed by atoms with Gasteiger partial charge in [0.1, 0.15) is 0 Å². The number of halogens is 1. The zero-order chi connectivity index (χ0) is 12.5. The molecule has 0 amide bonds. The monoisotopic (exact) mass is 310 g/mol. The van der Waals surface area contributed by atoms with Gasteiger partial charge in [0.15, 0.2) is 0 Å². The van der Waals surface area contributed by atoms with Crippen LogP contribution in [0.5, 0.6) is 0 Å². The summed E-state index contributed by atoms with van der Waals surface area (Å²) in [4.78, 5) is 2.51. The highest BCUT2D eigenvalue weighted by molar-refractivity contribution is 9.10. The van der Waals surface area contributed by atoms with Gasteiger partial charge in [-0.1, -0.05) is 22.0 Å². The largest absolute Gasteiger partial charge is 0.374 e. The highest BCUT2D eigenvalue weighted by Gasteiger charge is 2.36. The molecule has 2 fully saturated rings. The second kappa shape index (κ2) is 5.19. The number of benzene rings is 1. The second-order valence-corrected chi connectivity index (χ2v) is 5.94. The van der Waals surface area contributed by atoms with Crippen LogP contribution in [0.15, 0.2) is 22.7 Å². The number of anilines is 1. The molecule has 3 nitrogen and oxygen atoms in total. The van der Waals surface area contributed by atoms with Gasteiger partial charge in [-0.3, -0.25) is 0 Å². The zero-order valence-corrected chi connectivity index (χ0v) is 12.0. The van der Waals surface area contributed by atoms with E-state index in [1.54, 1.807) is 0 Å². The second-order valence-electron chi connectivity index (χ2n) is 5.08. The van der Waals surface area contributed by atoms with E-state index in [0.29, 0.717) is 18.7 Å². The van der Waals surface area contributed by atoms with Crippen molar-refractivity contribution in [2.75, 3.05) is 18.1 Å². The van der Waals surface area contributed by atoms with E-state index in [1.807, 2.05) is 0 Å². The number of hydrogen-bond donors (Lipinski definition) is 1. The van der Waals surface area contributed by atoms with E-state index in [2.05, 4.69) is 39.0 Å². The molecule has 2 N–H and O–H groups in total. The summed E-state index contributed by atoms with van der Waals surface area (Å²) in [6, 6.07) is 7.07. The Kier molecular flexibility index (Phi) is 3.59. The summed E-state index contributed by atoms with van der Waals surface area (Å²) >= 11 is 3.61. The molecule has 2 atom stereocenters. The Morgan fingerprint density at radius 3 is 3.06 bits per heavy atom. The lowest BCUT2D eigenvalue weighted by Gasteiger charge is -2.39. The summed E-state index contributed by atoms with van der Waals surface area (Å²) in [7, 11) is 0. The first-order valence-electron chi connectivity index (χ1n) is 6.66. The lowest BCUT2D eigenvalue weighted by molar-refractivity contribution is 0.0256. The number of nitrogens with two attached hydrogens (primary N) is 1. The van der Waals surface area contributed by atoms with Gasteiger partial charge < -0.3 is 15.4 Å². The summed E-state index contributed by atoms with van der Waals surface area (Å²) in [5, 5.41) is 0. The summed E-state index contributed by atoms with van der Waals surface area (Å²) in [5.41, 5.74) is 8.15. The summed E-state index contributed by atoms with van der Waals surface area (Å²) in [5.74, 6) is 0. The fourth-order valence-electron chi connectivity index (χ4n) is 3.13. The molecule has 1 aliphatic carbocycles. The van der Waals surface area contributed by atoms with Crippen molar-refractivity contribution in [1.82, 2.24) is 0 Å². The van der Waals surface area contributed by atoms with E-state index in [-0.39, 0.29) is 0 Å². The summed E-state index contributed by atoms with van der Waals surface area (Å²) in [6.07, 6.45) is 4.18. The van der Waals surface area contributed by atoms with Gasteiger partial charge in [-0.15, -0.1) is 0 Å². The third kappa shape index (κ3) is 2.17. The Bertz CT molecular complexity index is 438. The minimum Gasteiger partial charge on any atom is -0.374 e. The van der Waals surface area contributed by atoms with Crippen LogP contribution in [0.1, 0.15) is 24.8 Å². The first kappa shape index (κ1) is 12.5. The minimum atomic E-state index is 0.437. The van der Waals surface area contributed by atoms with E-state index in [0.717, 1.165) is 23.2 Å². The standard InChI is InChI=1S/C14H19BrN2O/c15-12-8-11(5-4-10(12)9-16)17-6-7-18-14-3-1-2-13(14)17/h4-5,8,13-14H,1-3,6-7,9,16H2. The fourth-order valence-corrected chi connectivity index (χ4v) is 3.66. The van der Waals surface area contributed by atoms with Gasteiger partial charge in [-0.05, 0) is 37.0 Å². The number of nitrogens with zero attached hydrogens (tertiary/aromatic N) is 1. The van der Waals surface area contributed by atoms with Crippen LogP contribution < -0.4 is 10.6 Å². The van der Waals surface area contributed by atoms with Gasteiger partial charge in [0.05, 0.1) is 18.8 Å². The Labute approximate surface area is 116 Å². The first-order valence-corrected chi connectivity index (χ1v) is 7.45. The van der Waals surface area contributed by atoms with Gasteiger partial charge in [-0.2, -0.15) is 0 Å². The molecule has 1 saturated carbocycles. The Morgan fingerprint density at radius 1 is 1.39 bits per heavy atom. The smallest absolute Gasteiger partial charge is 0.0779 e. The summed E-state index contributed by atoms with van der Waals surface area (Å²) < 4.78 is 6.97. The maximum absolute atomic E-state index is 5.86. The molecule has 2 aliphatic rings. The van der Waals surface area contributed by atoms with Crippen molar-refractivity contribution in [3.8, 4) is 0 Å². The molecular formula is C14H19BrN2O. The number of hydrogen-bond acceptors (Lipinski definition) is 3. The maximum atomic E-state index is 5.86. The van der Waals surface area contributed by atoms with Crippen LogP contribution in [0.25, 0.3) is 0 Å². The van der Waals surface area contributed by atoms with Crippen LogP contribution in [0.2, 0.25) is 0 Å². The highest BCUT2D eigenvalue weighted by atomic mass is 79.9. The molecule has 0 spiro atoms. The van der Waals surface area contributed by atoms with Crippen LogP contribution in [0.4, 0.5) is 5.69 Å². The van der Waals surface area contributed by atoms with Crippen molar-refractivity contribution in [3.63, 3.8) is 0 Å². The lowest BCUT2D eigenvalue weighted by Crippen LogP contribution is -2.48. The summed E-state index contributed by atoms with van der Waals surface area (Å²) in [6.45, 7) is 2.42. The van der Waals surface area contributed by atoms with Crippen LogP contribution >= 0.6 is 15.9 Å². The molecule has 4 heteroatoms. The molecule has 1 aromatic carbocycles. The van der Waals surface area contributed by atoms with E-state index in [9.17, 15) is 0 Å². The molecule has 1 saturated heterocycles. The normalized spacial score (nSPS) is 27.3. The van der Waals surface area contributed by atoms with Crippen LogP contribution in [0.3, 0.4) is 0 Å².